The summed E-state index contributed by atoms with van der Waals surface area (Å²) in [5.41, 5.74) is 1.30. The molecule has 0 heterocycles. The van der Waals surface area contributed by atoms with Gasteiger partial charge >= 0.3 is 11.9 Å². The Kier molecular flexibility index (Phi) is 5.96. The molecule has 0 unspecified atom stereocenters. The Morgan fingerprint density at radius 1 is 1.50 bits per heavy atom. The molecule has 1 aliphatic carbocycles. The molecule has 6 heteroatoms. The van der Waals surface area contributed by atoms with Crippen molar-refractivity contribution in [2.75, 3.05) is 13.7 Å². The summed E-state index contributed by atoms with van der Waals surface area (Å²) in [5.74, 6) is -1.16. The van der Waals surface area contributed by atoms with Gasteiger partial charge in [0, 0.05) is 6.42 Å². The molecule has 0 N–H and O–H groups in total. The fourth-order valence-corrected chi connectivity index (χ4v) is 1.19. The molecule has 0 aliphatic heterocycles. The highest BCUT2D eigenvalue weighted by Crippen LogP contribution is 2.11. The second-order valence-electron chi connectivity index (χ2n) is 3.92. The Hall–Kier alpha value is -2.63. The third-order valence-corrected chi connectivity index (χ3v) is 2.10. The zero-order valence-electron chi connectivity index (χ0n) is 11.3. The van der Waals surface area contributed by atoms with Gasteiger partial charge < -0.3 is 9.47 Å². The first-order valence-corrected chi connectivity index (χ1v) is 5.77. The Bertz CT molecular complexity index is 527. The summed E-state index contributed by atoms with van der Waals surface area (Å²) in [6, 6.07) is 0. The molecular formula is C14H15N2O4+. The molecule has 0 spiro atoms. The van der Waals surface area contributed by atoms with Gasteiger partial charge in [0.1, 0.15) is 12.8 Å². The molecule has 0 aromatic rings. The van der Waals surface area contributed by atoms with Gasteiger partial charge in [-0.2, -0.15) is 0 Å². The van der Waals surface area contributed by atoms with Gasteiger partial charge in [-0.1, -0.05) is 6.58 Å². The van der Waals surface area contributed by atoms with Crippen LogP contribution in [0.3, 0.4) is 0 Å². The first kappa shape index (κ1) is 15.4. The van der Waals surface area contributed by atoms with Gasteiger partial charge in [-0.25, -0.2) is 9.59 Å². The number of ether oxygens (including phenoxy) is 2. The van der Waals surface area contributed by atoms with Gasteiger partial charge in [0.25, 0.3) is 0 Å². The van der Waals surface area contributed by atoms with Gasteiger partial charge in [0.15, 0.2) is 5.57 Å². The smallest absolute Gasteiger partial charge is 0.398 e. The van der Waals surface area contributed by atoms with Gasteiger partial charge in [0.2, 0.25) is 5.71 Å². The molecule has 0 saturated heterocycles. The summed E-state index contributed by atoms with van der Waals surface area (Å²) in [4.78, 5) is 22.7. The lowest BCUT2D eigenvalue weighted by molar-refractivity contribution is -0.137. The van der Waals surface area contributed by atoms with Crippen LogP contribution < -0.4 is 0 Å². The molecule has 0 atom stereocenters. The van der Waals surface area contributed by atoms with Crippen LogP contribution >= 0.6 is 0 Å². The van der Waals surface area contributed by atoms with Crippen molar-refractivity contribution < 1.29 is 19.1 Å². The minimum absolute atomic E-state index is 0.137. The number of carbonyl (C=O) groups excluding carboxylic acids is 2. The van der Waals surface area contributed by atoms with Crippen LogP contribution in [0.1, 0.15) is 6.92 Å². The number of esters is 2. The van der Waals surface area contributed by atoms with E-state index >= 15 is 0 Å². The van der Waals surface area contributed by atoms with Gasteiger partial charge in [0.05, 0.1) is 25.3 Å². The lowest BCUT2D eigenvalue weighted by Crippen LogP contribution is -2.17. The van der Waals surface area contributed by atoms with Crippen molar-refractivity contribution in [2.45, 2.75) is 6.92 Å². The zero-order chi connectivity index (χ0) is 15.0. The van der Waals surface area contributed by atoms with E-state index in [1.807, 2.05) is 0 Å². The average Bonchev–Trinajstić information content (AvgIpc) is 2.45. The molecule has 104 valence electrons. The maximum atomic E-state index is 11.9. The zero-order valence-corrected chi connectivity index (χ0v) is 11.3. The summed E-state index contributed by atoms with van der Waals surface area (Å²) in [6.45, 7) is 5.54. The van der Waals surface area contributed by atoms with E-state index in [-0.39, 0.29) is 12.2 Å². The Labute approximate surface area is 117 Å². The van der Waals surface area contributed by atoms with Crippen molar-refractivity contribution in [3.63, 3.8) is 0 Å². The van der Waals surface area contributed by atoms with Crippen LogP contribution in [0.2, 0.25) is 0 Å². The topological polar surface area (TPSA) is 77.3 Å². The standard InChI is InChI=1S/C14H15N2O4/c1-10(2)9-20-14(18)11-6-4-5-7-12(11)16-15-8-13(17)19-3/h4-8H,1,9H2,2-3H3/q+1/b15-8+,16-12+. The lowest BCUT2D eigenvalue weighted by atomic mass is 10.0. The summed E-state index contributed by atoms with van der Waals surface area (Å²) < 4.78 is 9.42. The van der Waals surface area contributed by atoms with E-state index in [0.29, 0.717) is 5.71 Å². The monoisotopic (exact) mass is 275 g/mol. The van der Waals surface area contributed by atoms with Crippen molar-refractivity contribution in [2.24, 2.45) is 10.2 Å². The molecule has 1 rings (SSSR count). The van der Waals surface area contributed by atoms with E-state index in [1.54, 1.807) is 31.6 Å². The molecule has 0 fully saturated rings. The molecule has 0 amide bonds. The fraction of sp³-hybridized carbons (Fsp3) is 0.214. The predicted molar refractivity (Wildman–Crippen MR) is 75.2 cm³/mol. The highest BCUT2D eigenvalue weighted by Gasteiger charge is 2.26. The fourth-order valence-electron chi connectivity index (χ4n) is 1.19. The van der Waals surface area contributed by atoms with Crippen LogP contribution in [-0.2, 0) is 19.1 Å². The number of methoxy groups -OCH3 is 1. The van der Waals surface area contributed by atoms with Gasteiger partial charge in [-0.15, -0.1) is 10.2 Å². The van der Waals surface area contributed by atoms with Crippen molar-refractivity contribution in [3.8, 4) is 0 Å². The van der Waals surface area contributed by atoms with Crippen molar-refractivity contribution in [1.29, 1.82) is 0 Å². The molecule has 1 aliphatic rings. The number of hydrogen-bond acceptors (Lipinski definition) is 6. The number of hydrogen-bond donors (Lipinski definition) is 0. The number of nitrogens with zero attached hydrogens (tertiary/aromatic N) is 2. The Morgan fingerprint density at radius 3 is 2.90 bits per heavy atom. The highest BCUT2D eigenvalue weighted by molar-refractivity contribution is 6.26. The number of rotatable bonds is 5. The summed E-state index contributed by atoms with van der Waals surface area (Å²) in [5, 5.41) is 7.34. The molecule has 0 radical (unpaired) electrons. The van der Waals surface area contributed by atoms with Crippen LogP contribution in [0.5, 0.6) is 0 Å². The quantitative estimate of drug-likeness (QED) is 0.250. The van der Waals surface area contributed by atoms with E-state index in [2.05, 4.69) is 21.5 Å². The van der Waals surface area contributed by atoms with Crippen LogP contribution in [0.4, 0.5) is 0 Å². The number of carbonyl (C=O) groups is 2. The van der Waals surface area contributed by atoms with E-state index < -0.39 is 11.9 Å². The third-order valence-electron chi connectivity index (χ3n) is 2.10. The van der Waals surface area contributed by atoms with Gasteiger partial charge in [-0.05, 0) is 12.5 Å². The number of allylic oxidation sites excluding steroid dienone is 3. The molecule has 20 heavy (non-hydrogen) atoms. The SMILES string of the molecule is C=C(C)COC(=O)C1=C[CH+]C=C/C1=N\N=C\C(=O)OC. The minimum Gasteiger partial charge on any atom is -0.465 e. The van der Waals surface area contributed by atoms with Crippen LogP contribution in [0.15, 0.2) is 46.2 Å². The van der Waals surface area contributed by atoms with Crippen molar-refractivity contribution in [1.82, 2.24) is 0 Å². The predicted octanol–water partition coefficient (Wildman–Crippen LogP) is 1.41. The Balaban J connectivity index is 2.78. The van der Waals surface area contributed by atoms with E-state index in [1.165, 1.54) is 7.11 Å². The van der Waals surface area contributed by atoms with E-state index in [9.17, 15) is 9.59 Å². The largest absolute Gasteiger partial charge is 0.465 e. The maximum absolute atomic E-state index is 11.9. The molecule has 0 bridgehead atoms. The third kappa shape index (κ3) is 4.93. The van der Waals surface area contributed by atoms with Crippen molar-refractivity contribution in [3.05, 3.63) is 42.4 Å². The normalized spacial score (nSPS) is 15.7. The minimum atomic E-state index is -0.629. The van der Waals surface area contributed by atoms with Crippen molar-refractivity contribution >= 4 is 23.9 Å². The Morgan fingerprint density at radius 2 is 2.25 bits per heavy atom. The second-order valence-corrected chi connectivity index (χ2v) is 3.92. The van der Waals surface area contributed by atoms with E-state index in [0.717, 1.165) is 11.8 Å². The maximum Gasteiger partial charge on any atom is 0.398 e. The van der Waals surface area contributed by atoms with Gasteiger partial charge in [-0.3, -0.25) is 0 Å². The van der Waals surface area contributed by atoms with Crippen LogP contribution in [-0.4, -0.2) is 37.6 Å². The first-order valence-electron chi connectivity index (χ1n) is 5.77. The average molecular weight is 275 g/mol. The summed E-state index contributed by atoms with van der Waals surface area (Å²) >= 11 is 0. The molecule has 0 saturated carbocycles. The lowest BCUT2D eigenvalue weighted by Gasteiger charge is -2.04. The highest BCUT2D eigenvalue weighted by atomic mass is 16.5. The van der Waals surface area contributed by atoms with Crippen LogP contribution in [0, 0.1) is 6.42 Å². The second kappa shape index (κ2) is 7.73. The van der Waals surface area contributed by atoms with E-state index in [4.69, 9.17) is 4.74 Å². The molecule has 0 aromatic carbocycles. The first-order chi connectivity index (χ1) is 9.54. The summed E-state index contributed by atoms with van der Waals surface area (Å²) in [7, 11) is 1.23. The summed E-state index contributed by atoms with van der Waals surface area (Å²) in [6.07, 6.45) is 7.44. The van der Waals surface area contributed by atoms with Crippen LogP contribution in [0.25, 0.3) is 0 Å². The molecule has 6 nitrogen and oxygen atoms in total. The molecule has 0 aromatic heterocycles. The molecular weight excluding hydrogens is 260 g/mol.